The molecule has 5 nitrogen and oxygen atoms in total. The fourth-order valence-electron chi connectivity index (χ4n) is 1.59. The number of ether oxygens (including phenoxy) is 3. The van der Waals surface area contributed by atoms with E-state index in [1.807, 2.05) is 24.3 Å². The van der Waals surface area contributed by atoms with Crippen LogP contribution in [0, 0.1) is 0 Å². The Morgan fingerprint density at radius 2 is 2.05 bits per heavy atom. The van der Waals surface area contributed by atoms with Crippen LogP contribution in [-0.2, 0) is 4.74 Å². The summed E-state index contributed by atoms with van der Waals surface area (Å²) in [5, 5.41) is 0. The van der Waals surface area contributed by atoms with Crippen molar-refractivity contribution in [2.45, 2.75) is 0 Å². The smallest absolute Gasteiger partial charge is 0.497 e. The van der Waals surface area contributed by atoms with Crippen molar-refractivity contribution in [1.29, 1.82) is 0 Å². The van der Waals surface area contributed by atoms with Gasteiger partial charge in [0, 0.05) is 0 Å². The highest BCUT2D eigenvalue weighted by molar-refractivity contribution is 5.72. The quantitative estimate of drug-likeness (QED) is 0.615. The lowest BCUT2D eigenvalue weighted by molar-refractivity contribution is 0.100. The lowest BCUT2D eigenvalue weighted by Crippen LogP contribution is -2.10. The van der Waals surface area contributed by atoms with E-state index >= 15 is 0 Å². The summed E-state index contributed by atoms with van der Waals surface area (Å²) >= 11 is 0. The van der Waals surface area contributed by atoms with Gasteiger partial charge in [-0.15, -0.1) is 0 Å². The van der Waals surface area contributed by atoms with Gasteiger partial charge in [-0.1, -0.05) is 24.8 Å². The number of furan rings is 1. The van der Waals surface area contributed by atoms with Crippen LogP contribution in [0.1, 0.15) is 0 Å². The summed E-state index contributed by atoms with van der Waals surface area (Å²) in [6.07, 6.45) is 2.05. The lowest BCUT2D eigenvalue weighted by Gasteiger charge is -2.05. The lowest BCUT2D eigenvalue weighted by atomic mass is 10.1. The van der Waals surface area contributed by atoms with Gasteiger partial charge >= 0.3 is 12.1 Å². The molecule has 0 aliphatic rings. The zero-order valence-corrected chi connectivity index (χ0v) is 11.0. The van der Waals surface area contributed by atoms with E-state index in [-0.39, 0.29) is 12.6 Å². The van der Waals surface area contributed by atoms with E-state index in [1.165, 1.54) is 12.3 Å². The summed E-state index contributed by atoms with van der Waals surface area (Å²) in [5.41, 5.74) is 1.49. The molecule has 0 N–H and O–H groups in total. The van der Waals surface area contributed by atoms with Gasteiger partial charge in [-0.25, -0.2) is 4.79 Å². The topological polar surface area (TPSA) is 57.9 Å². The minimum absolute atomic E-state index is 0.0808. The van der Waals surface area contributed by atoms with Crippen molar-refractivity contribution in [2.75, 3.05) is 13.7 Å². The summed E-state index contributed by atoms with van der Waals surface area (Å²) < 4.78 is 20.0. The third-order valence-electron chi connectivity index (χ3n) is 2.53. The molecule has 2 aromatic rings. The molecule has 2 rings (SSSR count). The third kappa shape index (κ3) is 3.20. The highest BCUT2D eigenvalue weighted by Gasteiger charge is 2.15. The molecule has 0 atom stereocenters. The van der Waals surface area contributed by atoms with Crippen LogP contribution < -0.4 is 9.47 Å². The zero-order chi connectivity index (χ0) is 14.4. The molecule has 0 aliphatic heterocycles. The van der Waals surface area contributed by atoms with Crippen molar-refractivity contribution in [3.63, 3.8) is 0 Å². The average molecular weight is 274 g/mol. The third-order valence-corrected chi connectivity index (χ3v) is 2.53. The molecular formula is C15H14O5. The molecule has 0 amide bonds. The second-order valence-electron chi connectivity index (χ2n) is 3.80. The van der Waals surface area contributed by atoms with Gasteiger partial charge < -0.3 is 18.6 Å². The van der Waals surface area contributed by atoms with Gasteiger partial charge in [-0.3, -0.25) is 0 Å². The SMILES string of the molecule is C=CCOC(=O)Oc1occc1-c1ccc(OC)cc1. The van der Waals surface area contributed by atoms with Crippen molar-refractivity contribution in [2.24, 2.45) is 0 Å². The summed E-state index contributed by atoms with van der Waals surface area (Å²) in [7, 11) is 1.59. The maximum Gasteiger partial charge on any atom is 0.516 e. The molecule has 20 heavy (non-hydrogen) atoms. The van der Waals surface area contributed by atoms with Gasteiger partial charge in [-0.05, 0) is 23.8 Å². The van der Waals surface area contributed by atoms with E-state index in [9.17, 15) is 4.79 Å². The predicted molar refractivity (Wildman–Crippen MR) is 72.9 cm³/mol. The first kappa shape index (κ1) is 13.7. The molecule has 1 aromatic heterocycles. The van der Waals surface area contributed by atoms with E-state index in [0.717, 1.165) is 11.3 Å². The summed E-state index contributed by atoms with van der Waals surface area (Å²) in [4.78, 5) is 11.4. The Balaban J connectivity index is 2.14. The number of rotatable bonds is 5. The Morgan fingerprint density at radius 3 is 2.70 bits per heavy atom. The van der Waals surface area contributed by atoms with Crippen molar-refractivity contribution in [1.82, 2.24) is 0 Å². The first-order valence-electron chi connectivity index (χ1n) is 5.92. The molecule has 5 heteroatoms. The predicted octanol–water partition coefficient (Wildman–Crippen LogP) is 3.66. The van der Waals surface area contributed by atoms with Crippen LogP contribution in [-0.4, -0.2) is 19.9 Å². The molecule has 0 bridgehead atoms. The number of carbonyl (C=O) groups is 1. The fraction of sp³-hybridized carbons (Fsp3) is 0.133. The molecule has 0 saturated carbocycles. The molecule has 0 unspecified atom stereocenters. The highest BCUT2D eigenvalue weighted by Crippen LogP contribution is 2.32. The molecule has 0 spiro atoms. The van der Waals surface area contributed by atoms with Crippen LogP contribution in [0.3, 0.4) is 0 Å². The van der Waals surface area contributed by atoms with E-state index in [1.54, 1.807) is 13.2 Å². The largest absolute Gasteiger partial charge is 0.516 e. The van der Waals surface area contributed by atoms with E-state index in [2.05, 4.69) is 6.58 Å². The van der Waals surface area contributed by atoms with Crippen LogP contribution in [0.4, 0.5) is 4.79 Å². The maximum atomic E-state index is 11.4. The normalized spacial score (nSPS) is 9.85. The van der Waals surface area contributed by atoms with Gasteiger partial charge in [0.2, 0.25) is 0 Å². The Labute approximate surface area is 116 Å². The van der Waals surface area contributed by atoms with Crippen molar-refractivity contribution < 1.29 is 23.4 Å². The Morgan fingerprint density at radius 1 is 1.30 bits per heavy atom. The first-order chi connectivity index (χ1) is 9.74. The van der Waals surface area contributed by atoms with Gasteiger partial charge in [0.05, 0.1) is 18.9 Å². The Kier molecular flexibility index (Phi) is 4.44. The molecule has 0 radical (unpaired) electrons. The van der Waals surface area contributed by atoms with E-state index < -0.39 is 6.16 Å². The summed E-state index contributed by atoms with van der Waals surface area (Å²) in [6, 6.07) is 9.00. The second kappa shape index (κ2) is 6.47. The second-order valence-corrected chi connectivity index (χ2v) is 3.80. The van der Waals surface area contributed by atoms with Crippen LogP contribution in [0.15, 0.2) is 53.7 Å². The average Bonchev–Trinajstić information content (AvgIpc) is 2.93. The monoisotopic (exact) mass is 274 g/mol. The maximum absolute atomic E-state index is 11.4. The summed E-state index contributed by atoms with van der Waals surface area (Å²) in [6.45, 7) is 3.52. The molecule has 1 aromatic carbocycles. The summed E-state index contributed by atoms with van der Waals surface area (Å²) in [5.74, 6) is 0.828. The molecule has 0 aliphatic carbocycles. The standard InChI is InChI=1S/C15H14O5/c1-3-9-19-15(16)20-14-13(8-10-18-14)11-4-6-12(17-2)7-5-11/h3-8,10H,1,9H2,2H3. The number of carbonyl (C=O) groups excluding carboxylic acids is 1. The van der Waals surface area contributed by atoms with Crippen molar-refractivity contribution in [3.8, 4) is 22.8 Å². The van der Waals surface area contributed by atoms with Crippen LogP contribution in [0.25, 0.3) is 11.1 Å². The Bertz CT molecular complexity index is 583. The molecule has 104 valence electrons. The fourth-order valence-corrected chi connectivity index (χ4v) is 1.59. The molecular weight excluding hydrogens is 260 g/mol. The number of benzene rings is 1. The minimum Gasteiger partial charge on any atom is -0.497 e. The Hall–Kier alpha value is -2.69. The van der Waals surface area contributed by atoms with Crippen molar-refractivity contribution >= 4 is 6.16 Å². The minimum atomic E-state index is -0.838. The number of methoxy groups -OCH3 is 1. The molecule has 1 heterocycles. The van der Waals surface area contributed by atoms with Crippen molar-refractivity contribution in [3.05, 3.63) is 49.2 Å². The van der Waals surface area contributed by atoms with Gasteiger partial charge in [-0.2, -0.15) is 0 Å². The molecule has 0 fully saturated rings. The molecule has 0 saturated heterocycles. The van der Waals surface area contributed by atoms with Crippen LogP contribution in [0.2, 0.25) is 0 Å². The number of hydrogen-bond acceptors (Lipinski definition) is 5. The van der Waals surface area contributed by atoms with Gasteiger partial charge in [0.1, 0.15) is 12.4 Å². The van der Waals surface area contributed by atoms with Gasteiger partial charge in [0.15, 0.2) is 0 Å². The zero-order valence-electron chi connectivity index (χ0n) is 11.0. The van der Waals surface area contributed by atoms with E-state index in [0.29, 0.717) is 5.56 Å². The van der Waals surface area contributed by atoms with Gasteiger partial charge in [0.25, 0.3) is 0 Å². The van der Waals surface area contributed by atoms with E-state index in [4.69, 9.17) is 18.6 Å². The highest BCUT2D eigenvalue weighted by atomic mass is 16.8. The first-order valence-corrected chi connectivity index (χ1v) is 5.92. The van der Waals surface area contributed by atoms with Crippen LogP contribution >= 0.6 is 0 Å². The van der Waals surface area contributed by atoms with Crippen LogP contribution in [0.5, 0.6) is 11.7 Å². The number of hydrogen-bond donors (Lipinski definition) is 0.